The van der Waals surface area contributed by atoms with Crippen LogP contribution in [0.5, 0.6) is 0 Å². The van der Waals surface area contributed by atoms with Gasteiger partial charge in [-0.05, 0) is 30.9 Å². The summed E-state index contributed by atoms with van der Waals surface area (Å²) in [6, 6.07) is 10.3. The maximum absolute atomic E-state index is 12.4. The molecule has 2 aromatic rings. The molecule has 1 unspecified atom stereocenters. The van der Waals surface area contributed by atoms with Gasteiger partial charge >= 0.3 is 12.1 Å². The van der Waals surface area contributed by atoms with Gasteiger partial charge in [0.2, 0.25) is 5.91 Å². The van der Waals surface area contributed by atoms with Gasteiger partial charge in [-0.25, -0.2) is 4.79 Å². The van der Waals surface area contributed by atoms with E-state index in [4.69, 9.17) is 24.5 Å². The molecule has 1 aromatic carbocycles. The lowest BCUT2D eigenvalue weighted by atomic mass is 10.0. The van der Waals surface area contributed by atoms with Crippen molar-refractivity contribution in [3.63, 3.8) is 0 Å². The van der Waals surface area contributed by atoms with Crippen LogP contribution in [0.4, 0.5) is 13.2 Å². The first-order valence-electron chi connectivity index (χ1n) is 10.6. The van der Waals surface area contributed by atoms with E-state index in [-0.39, 0.29) is 24.0 Å². The van der Waals surface area contributed by atoms with Crippen molar-refractivity contribution < 1.29 is 37.3 Å². The molecule has 1 aromatic heterocycles. The van der Waals surface area contributed by atoms with E-state index in [2.05, 4.69) is 23.6 Å². The molecule has 2 aliphatic rings. The molecule has 1 amide bonds. The summed E-state index contributed by atoms with van der Waals surface area (Å²) in [5.41, 5.74) is 3.38. The predicted molar refractivity (Wildman–Crippen MR) is 110 cm³/mol. The normalized spacial score (nSPS) is 22.1. The molecular weight excluding hydrogens is 443 g/mol. The minimum atomic E-state index is -5.08. The molecule has 0 aliphatic carbocycles. The number of aromatic nitrogens is 2. The monoisotopic (exact) mass is 469 g/mol. The third-order valence-corrected chi connectivity index (χ3v) is 5.47. The molecule has 0 bridgehead atoms. The molecule has 180 valence electrons. The number of carboxylic acid groups (broad SMARTS) is 1. The molecule has 33 heavy (non-hydrogen) atoms. The molecule has 2 aliphatic heterocycles. The Bertz CT molecular complexity index is 948. The number of ether oxygens (including phenoxy) is 2. The molecule has 4 rings (SSSR count). The van der Waals surface area contributed by atoms with E-state index in [0.717, 1.165) is 25.1 Å². The van der Waals surface area contributed by atoms with Gasteiger partial charge in [-0.1, -0.05) is 30.3 Å². The number of carbonyl (C=O) groups excluding carboxylic acids is 1. The standard InChI is InChI=1S/C20H25N3O3.C2HF3O2/c1-14-17(8-10-25-14)20(24)21-11-18-19-16(7-9-26-18)13-23(22-19)12-15-5-3-2-4-6-15;3-2(4,5)1(6)7/h2-6,13-14,17-18H,7-12H2,1H3,(H,21,24);(H,6,7)/t14-,17-,18?;/m0./s1. The molecule has 2 N–H and O–H groups in total. The fourth-order valence-corrected chi connectivity index (χ4v) is 3.74. The van der Waals surface area contributed by atoms with Crippen molar-refractivity contribution in [3.8, 4) is 0 Å². The molecule has 8 nitrogen and oxygen atoms in total. The summed E-state index contributed by atoms with van der Waals surface area (Å²) in [7, 11) is 0. The topological polar surface area (TPSA) is 103 Å². The van der Waals surface area contributed by atoms with Crippen LogP contribution in [0.1, 0.15) is 36.3 Å². The van der Waals surface area contributed by atoms with Crippen LogP contribution >= 0.6 is 0 Å². The summed E-state index contributed by atoms with van der Waals surface area (Å²) in [6.45, 7) is 4.47. The first kappa shape index (κ1) is 24.7. The smallest absolute Gasteiger partial charge is 0.475 e. The Morgan fingerprint density at radius 2 is 1.91 bits per heavy atom. The van der Waals surface area contributed by atoms with Crippen LogP contribution in [0, 0.1) is 5.92 Å². The average Bonchev–Trinajstić information content (AvgIpc) is 3.38. The highest BCUT2D eigenvalue weighted by atomic mass is 19.4. The molecule has 3 atom stereocenters. The number of hydrogen-bond acceptors (Lipinski definition) is 5. The fourth-order valence-electron chi connectivity index (χ4n) is 3.74. The Morgan fingerprint density at radius 3 is 2.52 bits per heavy atom. The highest BCUT2D eigenvalue weighted by Gasteiger charge is 2.38. The van der Waals surface area contributed by atoms with Crippen LogP contribution in [0.3, 0.4) is 0 Å². The number of amides is 1. The second kappa shape index (κ2) is 10.8. The van der Waals surface area contributed by atoms with Crippen molar-refractivity contribution in [3.05, 3.63) is 53.3 Å². The van der Waals surface area contributed by atoms with Gasteiger partial charge in [0, 0.05) is 19.3 Å². The van der Waals surface area contributed by atoms with Gasteiger partial charge < -0.3 is 19.9 Å². The van der Waals surface area contributed by atoms with Crippen molar-refractivity contribution in [2.24, 2.45) is 5.92 Å². The van der Waals surface area contributed by atoms with Crippen LogP contribution in [0.15, 0.2) is 36.5 Å². The third-order valence-electron chi connectivity index (χ3n) is 5.47. The van der Waals surface area contributed by atoms with Crippen molar-refractivity contribution in [1.82, 2.24) is 15.1 Å². The van der Waals surface area contributed by atoms with Crippen LogP contribution in [0.25, 0.3) is 0 Å². The van der Waals surface area contributed by atoms with Crippen molar-refractivity contribution in [1.29, 1.82) is 0 Å². The third kappa shape index (κ3) is 6.78. The predicted octanol–water partition coefficient (Wildman–Crippen LogP) is 2.72. The fraction of sp³-hybridized carbons (Fsp3) is 0.500. The molecule has 1 fully saturated rings. The van der Waals surface area contributed by atoms with Gasteiger partial charge in [-0.3, -0.25) is 9.48 Å². The van der Waals surface area contributed by atoms with E-state index < -0.39 is 12.1 Å². The van der Waals surface area contributed by atoms with E-state index in [9.17, 15) is 18.0 Å². The second-order valence-corrected chi connectivity index (χ2v) is 7.85. The maximum atomic E-state index is 12.4. The zero-order chi connectivity index (χ0) is 24.0. The highest BCUT2D eigenvalue weighted by Crippen LogP contribution is 2.26. The lowest BCUT2D eigenvalue weighted by Gasteiger charge is -2.23. The SMILES string of the molecule is C[C@@H]1OCC[C@@H]1C(=O)NCC1OCCc2cn(Cc3ccccc3)nc21.O=C(O)C(F)(F)F. The summed E-state index contributed by atoms with van der Waals surface area (Å²) < 4.78 is 45.1. The maximum Gasteiger partial charge on any atom is 0.490 e. The molecule has 11 heteroatoms. The highest BCUT2D eigenvalue weighted by molar-refractivity contribution is 5.79. The minimum Gasteiger partial charge on any atom is -0.475 e. The quantitative estimate of drug-likeness (QED) is 0.698. The Morgan fingerprint density at radius 1 is 1.21 bits per heavy atom. The van der Waals surface area contributed by atoms with Crippen LogP contribution in [-0.2, 0) is 32.0 Å². The van der Waals surface area contributed by atoms with Crippen molar-refractivity contribution in [2.45, 2.75) is 44.7 Å². The molecule has 0 spiro atoms. The largest absolute Gasteiger partial charge is 0.490 e. The van der Waals surface area contributed by atoms with Gasteiger partial charge in [0.05, 0.1) is 30.9 Å². The van der Waals surface area contributed by atoms with Crippen LogP contribution in [-0.4, -0.2) is 58.8 Å². The van der Waals surface area contributed by atoms with E-state index in [0.29, 0.717) is 19.8 Å². The van der Waals surface area contributed by atoms with E-state index in [1.54, 1.807) is 0 Å². The second-order valence-electron chi connectivity index (χ2n) is 7.85. The summed E-state index contributed by atoms with van der Waals surface area (Å²) >= 11 is 0. The number of hydrogen-bond donors (Lipinski definition) is 2. The number of aliphatic carboxylic acids is 1. The van der Waals surface area contributed by atoms with Gasteiger partial charge in [0.1, 0.15) is 6.10 Å². The molecule has 0 radical (unpaired) electrons. The van der Waals surface area contributed by atoms with Gasteiger partial charge in [0.15, 0.2) is 0 Å². The van der Waals surface area contributed by atoms with E-state index in [1.807, 2.05) is 29.8 Å². The number of alkyl halides is 3. The molecule has 0 saturated carbocycles. The van der Waals surface area contributed by atoms with E-state index >= 15 is 0 Å². The van der Waals surface area contributed by atoms with Gasteiger partial charge in [-0.2, -0.15) is 18.3 Å². The first-order valence-corrected chi connectivity index (χ1v) is 10.6. The Labute approximate surface area is 188 Å². The molecule has 1 saturated heterocycles. The number of fused-ring (bicyclic) bond motifs is 1. The average molecular weight is 469 g/mol. The summed E-state index contributed by atoms with van der Waals surface area (Å²) in [4.78, 5) is 21.3. The van der Waals surface area contributed by atoms with E-state index in [1.165, 1.54) is 11.1 Å². The summed E-state index contributed by atoms with van der Waals surface area (Å²) in [5.74, 6) is -2.77. The summed E-state index contributed by atoms with van der Waals surface area (Å²) in [5, 5.41) is 14.9. The van der Waals surface area contributed by atoms with Crippen molar-refractivity contribution >= 4 is 11.9 Å². The molecule has 3 heterocycles. The lowest BCUT2D eigenvalue weighted by Crippen LogP contribution is -2.38. The number of nitrogens with zero attached hydrogens (tertiary/aromatic N) is 2. The number of rotatable bonds is 5. The number of benzene rings is 1. The van der Waals surface area contributed by atoms with Crippen molar-refractivity contribution in [2.75, 3.05) is 19.8 Å². The van der Waals surface area contributed by atoms with Gasteiger partial charge in [-0.15, -0.1) is 0 Å². The zero-order valence-corrected chi connectivity index (χ0v) is 18.0. The Balaban J connectivity index is 0.000000383. The first-order chi connectivity index (χ1) is 15.6. The molecular formula is C22H26F3N3O5. The van der Waals surface area contributed by atoms with Gasteiger partial charge in [0.25, 0.3) is 0 Å². The number of nitrogens with one attached hydrogen (secondary N) is 1. The van der Waals surface area contributed by atoms with Crippen LogP contribution < -0.4 is 5.32 Å². The minimum absolute atomic E-state index is 0.0112. The number of carboxylic acids is 1. The zero-order valence-electron chi connectivity index (χ0n) is 18.0. The Kier molecular flexibility index (Phi) is 8.09. The lowest BCUT2D eigenvalue weighted by molar-refractivity contribution is -0.192. The summed E-state index contributed by atoms with van der Waals surface area (Å²) in [6.07, 6.45) is -1.52. The Hall–Kier alpha value is -2.92. The number of halogens is 3. The van der Waals surface area contributed by atoms with Crippen LogP contribution in [0.2, 0.25) is 0 Å². The number of carbonyl (C=O) groups is 2.